The molecule has 0 fully saturated rings. The molecule has 0 bridgehead atoms. The van der Waals surface area contributed by atoms with Crippen molar-refractivity contribution in [1.82, 2.24) is 19.9 Å². The molecule has 0 saturated heterocycles. The van der Waals surface area contributed by atoms with Crippen molar-refractivity contribution in [1.29, 1.82) is 0 Å². The molecule has 0 aromatic carbocycles. The van der Waals surface area contributed by atoms with Gasteiger partial charge in [-0.1, -0.05) is 11.8 Å². The monoisotopic (exact) mass is 390 g/mol. The number of pyridine rings is 3. The standard InChI is InChI=1S/C22H22N4O3/c1-4-26-14-19(20(27)18-10-8-16(3)25-21(18)26)22(28)23-11-5-6-12-29-17-9-7-15(2)24-13-17/h7-10,13-14H,4,11-12H2,1-3H3,(H,23,28). The van der Waals surface area contributed by atoms with Crippen LogP contribution in [0.2, 0.25) is 0 Å². The summed E-state index contributed by atoms with van der Waals surface area (Å²) in [6.45, 7) is 6.59. The number of nitrogens with one attached hydrogen (secondary N) is 1. The highest BCUT2D eigenvalue weighted by Gasteiger charge is 2.15. The van der Waals surface area contributed by atoms with Crippen LogP contribution in [0.5, 0.6) is 5.75 Å². The summed E-state index contributed by atoms with van der Waals surface area (Å²) >= 11 is 0. The number of nitrogens with zero attached hydrogens (tertiary/aromatic N) is 3. The Hall–Kier alpha value is -3.66. The Balaban J connectivity index is 1.65. The van der Waals surface area contributed by atoms with E-state index in [1.54, 1.807) is 29.1 Å². The number of carbonyl (C=O) groups excluding carboxylic acids is 1. The van der Waals surface area contributed by atoms with Gasteiger partial charge in [0.2, 0.25) is 5.43 Å². The molecule has 0 saturated carbocycles. The highest BCUT2D eigenvalue weighted by Crippen LogP contribution is 2.11. The smallest absolute Gasteiger partial charge is 0.257 e. The van der Waals surface area contributed by atoms with Gasteiger partial charge in [-0.2, -0.15) is 0 Å². The van der Waals surface area contributed by atoms with E-state index in [0.717, 1.165) is 11.4 Å². The van der Waals surface area contributed by atoms with E-state index in [0.29, 0.717) is 23.3 Å². The van der Waals surface area contributed by atoms with Crippen LogP contribution in [0.4, 0.5) is 0 Å². The van der Waals surface area contributed by atoms with E-state index in [4.69, 9.17) is 4.74 Å². The molecule has 0 unspecified atom stereocenters. The number of hydrogen-bond donors (Lipinski definition) is 1. The van der Waals surface area contributed by atoms with Crippen molar-refractivity contribution in [3.63, 3.8) is 0 Å². The first-order valence-corrected chi connectivity index (χ1v) is 9.29. The molecule has 1 N–H and O–H groups in total. The predicted molar refractivity (Wildman–Crippen MR) is 111 cm³/mol. The molecule has 0 spiro atoms. The second-order valence-corrected chi connectivity index (χ2v) is 6.44. The molecule has 7 heteroatoms. The first kappa shape index (κ1) is 20.1. The van der Waals surface area contributed by atoms with Crippen LogP contribution in [0.15, 0.2) is 41.5 Å². The van der Waals surface area contributed by atoms with Gasteiger partial charge in [-0.05, 0) is 45.0 Å². The summed E-state index contributed by atoms with van der Waals surface area (Å²) in [6.07, 6.45) is 3.18. The lowest BCUT2D eigenvalue weighted by Gasteiger charge is -2.11. The van der Waals surface area contributed by atoms with Gasteiger partial charge in [-0.15, -0.1) is 0 Å². The van der Waals surface area contributed by atoms with Gasteiger partial charge in [0.15, 0.2) is 0 Å². The van der Waals surface area contributed by atoms with Crippen molar-refractivity contribution in [2.75, 3.05) is 13.2 Å². The Kier molecular flexibility index (Phi) is 6.25. The Morgan fingerprint density at radius 3 is 2.69 bits per heavy atom. The van der Waals surface area contributed by atoms with Crippen LogP contribution in [-0.2, 0) is 6.54 Å². The van der Waals surface area contributed by atoms with Crippen LogP contribution in [0.1, 0.15) is 28.7 Å². The summed E-state index contributed by atoms with van der Waals surface area (Å²) in [5, 5.41) is 3.09. The number of rotatable bonds is 5. The van der Waals surface area contributed by atoms with Gasteiger partial charge in [-0.3, -0.25) is 14.6 Å². The molecule has 7 nitrogen and oxygen atoms in total. The summed E-state index contributed by atoms with van der Waals surface area (Å²) in [4.78, 5) is 33.7. The Bertz CT molecular complexity index is 1150. The quantitative estimate of drug-likeness (QED) is 0.675. The third-order valence-corrected chi connectivity index (χ3v) is 4.30. The van der Waals surface area contributed by atoms with E-state index < -0.39 is 5.91 Å². The van der Waals surface area contributed by atoms with Gasteiger partial charge in [0, 0.05) is 24.1 Å². The number of aromatic nitrogens is 3. The number of amides is 1. The van der Waals surface area contributed by atoms with Gasteiger partial charge in [0.25, 0.3) is 5.91 Å². The van der Waals surface area contributed by atoms with Crippen molar-refractivity contribution in [3.8, 4) is 17.6 Å². The minimum Gasteiger partial charge on any atom is -0.479 e. The van der Waals surface area contributed by atoms with Gasteiger partial charge in [0.05, 0.1) is 18.1 Å². The highest BCUT2D eigenvalue weighted by atomic mass is 16.5. The van der Waals surface area contributed by atoms with E-state index in [-0.39, 0.29) is 24.1 Å². The first-order chi connectivity index (χ1) is 14.0. The average molecular weight is 390 g/mol. The minimum atomic E-state index is -0.461. The van der Waals surface area contributed by atoms with Gasteiger partial charge < -0.3 is 14.6 Å². The van der Waals surface area contributed by atoms with Crippen LogP contribution >= 0.6 is 0 Å². The zero-order valence-electron chi connectivity index (χ0n) is 16.7. The Labute approximate surface area is 168 Å². The maximum atomic E-state index is 12.7. The van der Waals surface area contributed by atoms with Gasteiger partial charge in [0.1, 0.15) is 23.6 Å². The SMILES string of the molecule is CCn1cc(C(=O)NCC#CCOc2ccc(C)nc2)c(=O)c2ccc(C)nc21. The molecule has 0 aliphatic rings. The third-order valence-electron chi connectivity index (χ3n) is 4.30. The molecule has 29 heavy (non-hydrogen) atoms. The maximum Gasteiger partial charge on any atom is 0.257 e. The first-order valence-electron chi connectivity index (χ1n) is 9.29. The Morgan fingerprint density at radius 1 is 1.17 bits per heavy atom. The topological polar surface area (TPSA) is 86.1 Å². The molecule has 0 aliphatic heterocycles. The highest BCUT2D eigenvalue weighted by molar-refractivity contribution is 5.97. The number of aryl methyl sites for hydroxylation is 3. The number of ether oxygens (including phenoxy) is 1. The number of carbonyl (C=O) groups is 1. The van der Waals surface area contributed by atoms with Crippen LogP contribution in [0, 0.1) is 25.7 Å². The minimum absolute atomic E-state index is 0.0776. The normalized spacial score (nSPS) is 10.3. The molecular formula is C22H22N4O3. The van der Waals surface area contributed by atoms with Crippen molar-refractivity contribution < 1.29 is 9.53 Å². The van der Waals surface area contributed by atoms with E-state index in [1.165, 1.54) is 0 Å². The fraction of sp³-hybridized carbons (Fsp3) is 0.273. The van der Waals surface area contributed by atoms with Crippen molar-refractivity contribution in [3.05, 3.63) is 63.8 Å². The molecule has 0 aliphatic carbocycles. The molecule has 3 aromatic rings. The molecule has 0 radical (unpaired) electrons. The zero-order chi connectivity index (χ0) is 20.8. The molecule has 3 rings (SSSR count). The van der Waals surface area contributed by atoms with Crippen molar-refractivity contribution >= 4 is 16.9 Å². The summed E-state index contributed by atoms with van der Waals surface area (Å²) in [5.41, 5.74) is 2.05. The van der Waals surface area contributed by atoms with Crippen LogP contribution < -0.4 is 15.5 Å². The fourth-order valence-corrected chi connectivity index (χ4v) is 2.75. The lowest BCUT2D eigenvalue weighted by molar-refractivity contribution is 0.0957. The number of fused-ring (bicyclic) bond motifs is 1. The summed E-state index contributed by atoms with van der Waals surface area (Å²) < 4.78 is 7.25. The lowest BCUT2D eigenvalue weighted by Crippen LogP contribution is -2.30. The largest absolute Gasteiger partial charge is 0.479 e. The lowest BCUT2D eigenvalue weighted by atomic mass is 10.1. The van der Waals surface area contributed by atoms with Crippen LogP contribution in [0.3, 0.4) is 0 Å². The zero-order valence-corrected chi connectivity index (χ0v) is 16.7. The molecule has 148 valence electrons. The fourth-order valence-electron chi connectivity index (χ4n) is 2.75. The number of hydrogen-bond acceptors (Lipinski definition) is 5. The Morgan fingerprint density at radius 2 is 1.97 bits per heavy atom. The van der Waals surface area contributed by atoms with E-state index >= 15 is 0 Å². The summed E-state index contributed by atoms with van der Waals surface area (Å²) in [5.74, 6) is 5.80. The maximum absolute atomic E-state index is 12.7. The second-order valence-electron chi connectivity index (χ2n) is 6.44. The molecule has 1 amide bonds. The molecule has 3 aromatic heterocycles. The molecular weight excluding hydrogens is 368 g/mol. The van der Waals surface area contributed by atoms with E-state index in [1.807, 2.05) is 32.9 Å². The van der Waals surface area contributed by atoms with E-state index in [2.05, 4.69) is 27.1 Å². The molecule has 0 atom stereocenters. The van der Waals surface area contributed by atoms with Gasteiger partial charge >= 0.3 is 0 Å². The molecule has 3 heterocycles. The summed E-state index contributed by atoms with van der Waals surface area (Å²) in [7, 11) is 0. The summed E-state index contributed by atoms with van der Waals surface area (Å²) in [6, 6.07) is 7.15. The van der Waals surface area contributed by atoms with Crippen molar-refractivity contribution in [2.24, 2.45) is 0 Å². The van der Waals surface area contributed by atoms with Crippen molar-refractivity contribution in [2.45, 2.75) is 27.3 Å². The average Bonchev–Trinajstić information content (AvgIpc) is 2.72. The second kappa shape index (κ2) is 9.02. The van der Waals surface area contributed by atoms with Gasteiger partial charge in [-0.25, -0.2) is 4.98 Å². The third kappa shape index (κ3) is 4.79. The van der Waals surface area contributed by atoms with Crippen LogP contribution in [0.25, 0.3) is 11.0 Å². The predicted octanol–water partition coefficient (Wildman–Crippen LogP) is 2.24. The van der Waals surface area contributed by atoms with Crippen LogP contribution in [-0.4, -0.2) is 33.6 Å². The van der Waals surface area contributed by atoms with E-state index in [9.17, 15) is 9.59 Å².